The van der Waals surface area contributed by atoms with E-state index in [2.05, 4.69) is 54.8 Å². The molecule has 0 N–H and O–H groups in total. The maximum absolute atomic E-state index is 5.63. The minimum Gasteiger partial charge on any atom is -0.463 e. The number of para-hydroxylation sites is 1. The monoisotopic (exact) mass is 368 g/mol. The molecular formula is C24H20N2O2. The molecule has 0 radical (unpaired) electrons. The number of fused-ring (bicyclic) bond motifs is 1. The number of hydrogen-bond acceptors (Lipinski definition) is 3. The van der Waals surface area contributed by atoms with E-state index in [0.29, 0.717) is 0 Å². The van der Waals surface area contributed by atoms with Crippen LogP contribution >= 0.6 is 0 Å². The number of pyridine rings is 1. The van der Waals surface area contributed by atoms with E-state index >= 15 is 0 Å². The van der Waals surface area contributed by atoms with Crippen LogP contribution in [0.2, 0.25) is 0 Å². The molecule has 0 aliphatic rings. The molecule has 138 valence electrons. The zero-order chi connectivity index (χ0) is 19.1. The summed E-state index contributed by atoms with van der Waals surface area (Å²) in [6.07, 6.45) is 3.34. The fourth-order valence-electron chi connectivity index (χ4n) is 3.98. The van der Waals surface area contributed by atoms with Gasteiger partial charge in [-0.15, -0.1) is 0 Å². The lowest BCUT2D eigenvalue weighted by Gasteiger charge is -2.09. The predicted octanol–water partition coefficient (Wildman–Crippen LogP) is 6.55. The molecule has 28 heavy (non-hydrogen) atoms. The van der Waals surface area contributed by atoms with Crippen molar-refractivity contribution >= 4 is 10.9 Å². The van der Waals surface area contributed by atoms with Crippen LogP contribution in [0, 0.1) is 6.92 Å². The van der Waals surface area contributed by atoms with Gasteiger partial charge >= 0.3 is 0 Å². The number of hydrogen-bond donors (Lipinski definition) is 0. The zero-order valence-electron chi connectivity index (χ0n) is 15.8. The summed E-state index contributed by atoms with van der Waals surface area (Å²) in [6.45, 7) is 5.28. The van der Waals surface area contributed by atoms with Gasteiger partial charge in [0.05, 0.1) is 12.5 Å². The second kappa shape index (κ2) is 6.57. The van der Waals surface area contributed by atoms with E-state index < -0.39 is 0 Å². The Hall–Kier alpha value is -3.53. The average Bonchev–Trinajstić information content (AvgIpc) is 3.47. The Morgan fingerprint density at radius 3 is 2.07 bits per heavy atom. The molecule has 0 atom stereocenters. The molecule has 0 saturated carbocycles. The number of aryl methyl sites for hydroxylation is 1. The van der Waals surface area contributed by atoms with Crippen LogP contribution < -0.4 is 0 Å². The van der Waals surface area contributed by atoms with Crippen LogP contribution in [-0.2, 0) is 6.54 Å². The number of nitrogens with zero attached hydrogens (tertiary/aromatic N) is 2. The van der Waals surface area contributed by atoms with Crippen molar-refractivity contribution in [3.63, 3.8) is 0 Å². The summed E-state index contributed by atoms with van der Waals surface area (Å²) in [6, 6.07) is 20.4. The van der Waals surface area contributed by atoms with Gasteiger partial charge in [-0.2, -0.15) is 0 Å². The molecule has 0 aliphatic carbocycles. The Balaban J connectivity index is 1.81. The number of aromatic nitrogens is 2. The van der Waals surface area contributed by atoms with Crippen molar-refractivity contribution in [3.8, 4) is 34.0 Å². The fourth-order valence-corrected chi connectivity index (χ4v) is 3.98. The summed E-state index contributed by atoms with van der Waals surface area (Å²) in [5.41, 5.74) is 6.40. The minimum atomic E-state index is 0.742. The largest absolute Gasteiger partial charge is 0.463 e. The van der Waals surface area contributed by atoms with Crippen molar-refractivity contribution in [1.82, 2.24) is 9.55 Å². The van der Waals surface area contributed by atoms with Crippen LogP contribution in [-0.4, -0.2) is 9.55 Å². The molecule has 0 unspecified atom stereocenters. The number of furan rings is 2. The molecule has 0 aliphatic heterocycles. The Kier molecular flexibility index (Phi) is 3.90. The molecule has 0 saturated heterocycles. The lowest BCUT2D eigenvalue weighted by molar-refractivity contribution is 0.576. The van der Waals surface area contributed by atoms with Crippen molar-refractivity contribution < 1.29 is 8.83 Å². The standard InChI is InChI=1S/C24H20N2O2/c1-3-26-16(2)24(18-8-4-5-9-21(18)26)17-14-19(22-10-6-12-27-22)25-20(15-17)23-11-7-13-28-23/h4-15H,3H2,1-2H3. The Morgan fingerprint density at radius 1 is 0.857 bits per heavy atom. The van der Waals surface area contributed by atoms with E-state index in [1.807, 2.05) is 24.3 Å². The van der Waals surface area contributed by atoms with Crippen LogP contribution in [0.25, 0.3) is 44.9 Å². The van der Waals surface area contributed by atoms with Crippen LogP contribution in [0.15, 0.2) is 82.0 Å². The van der Waals surface area contributed by atoms with E-state index in [0.717, 1.165) is 35.0 Å². The Bertz CT molecular complexity index is 1190. The number of benzene rings is 1. The highest BCUT2D eigenvalue weighted by atomic mass is 16.3. The third kappa shape index (κ3) is 2.57. The van der Waals surface area contributed by atoms with E-state index in [9.17, 15) is 0 Å². The van der Waals surface area contributed by atoms with Crippen molar-refractivity contribution in [2.75, 3.05) is 0 Å². The fraction of sp³-hybridized carbons (Fsp3) is 0.125. The third-order valence-corrected chi connectivity index (χ3v) is 5.21. The van der Waals surface area contributed by atoms with E-state index in [-0.39, 0.29) is 0 Å². The zero-order valence-corrected chi connectivity index (χ0v) is 15.8. The summed E-state index contributed by atoms with van der Waals surface area (Å²) in [4.78, 5) is 4.79. The number of rotatable bonds is 4. The SMILES string of the molecule is CCn1c(C)c(-c2cc(-c3ccco3)nc(-c3ccco3)c2)c2ccccc21. The Morgan fingerprint density at radius 2 is 1.50 bits per heavy atom. The van der Waals surface area contributed by atoms with Gasteiger partial charge in [0.15, 0.2) is 11.5 Å². The van der Waals surface area contributed by atoms with Gasteiger partial charge in [0, 0.05) is 28.7 Å². The molecule has 0 fully saturated rings. The van der Waals surface area contributed by atoms with Gasteiger partial charge in [-0.25, -0.2) is 4.98 Å². The quantitative estimate of drug-likeness (QED) is 0.361. The molecule has 4 heteroatoms. The topological polar surface area (TPSA) is 44.1 Å². The van der Waals surface area contributed by atoms with E-state index in [1.54, 1.807) is 12.5 Å². The first-order chi connectivity index (χ1) is 13.8. The third-order valence-electron chi connectivity index (χ3n) is 5.21. The van der Waals surface area contributed by atoms with Crippen LogP contribution in [0.3, 0.4) is 0 Å². The highest BCUT2D eigenvalue weighted by Gasteiger charge is 2.18. The summed E-state index contributed by atoms with van der Waals surface area (Å²) in [7, 11) is 0. The van der Waals surface area contributed by atoms with Crippen LogP contribution in [0.4, 0.5) is 0 Å². The normalized spacial score (nSPS) is 11.4. The molecular weight excluding hydrogens is 348 g/mol. The molecule has 4 aromatic heterocycles. The predicted molar refractivity (Wildman–Crippen MR) is 111 cm³/mol. The summed E-state index contributed by atoms with van der Waals surface area (Å²) in [5.74, 6) is 1.48. The highest BCUT2D eigenvalue weighted by molar-refractivity contribution is 5.99. The molecule has 5 aromatic rings. The Labute approximate surface area is 163 Å². The summed E-state index contributed by atoms with van der Waals surface area (Å²) < 4.78 is 13.6. The average molecular weight is 368 g/mol. The van der Waals surface area contributed by atoms with Gasteiger partial charge in [-0.05, 0) is 61.9 Å². The van der Waals surface area contributed by atoms with Gasteiger partial charge in [0.2, 0.25) is 0 Å². The van der Waals surface area contributed by atoms with Gasteiger partial charge < -0.3 is 13.4 Å². The van der Waals surface area contributed by atoms with E-state index in [4.69, 9.17) is 13.8 Å². The lowest BCUT2D eigenvalue weighted by Crippen LogP contribution is -1.96. The van der Waals surface area contributed by atoms with Gasteiger partial charge in [-0.3, -0.25) is 0 Å². The van der Waals surface area contributed by atoms with Crippen molar-refractivity contribution in [1.29, 1.82) is 0 Å². The highest BCUT2D eigenvalue weighted by Crippen LogP contribution is 2.38. The van der Waals surface area contributed by atoms with Crippen molar-refractivity contribution in [3.05, 3.63) is 78.9 Å². The molecule has 4 nitrogen and oxygen atoms in total. The molecule has 1 aromatic carbocycles. The molecule has 0 spiro atoms. The maximum atomic E-state index is 5.63. The van der Waals surface area contributed by atoms with Crippen LogP contribution in [0.5, 0.6) is 0 Å². The maximum Gasteiger partial charge on any atom is 0.152 e. The van der Waals surface area contributed by atoms with Gasteiger partial charge in [0.1, 0.15) is 11.4 Å². The molecule has 5 rings (SSSR count). The summed E-state index contributed by atoms with van der Waals surface area (Å²) in [5, 5.41) is 1.24. The first-order valence-corrected chi connectivity index (χ1v) is 9.44. The minimum absolute atomic E-state index is 0.742. The van der Waals surface area contributed by atoms with Gasteiger partial charge in [-0.1, -0.05) is 18.2 Å². The molecule has 0 amide bonds. The smallest absolute Gasteiger partial charge is 0.152 e. The second-order valence-electron chi connectivity index (χ2n) is 6.80. The molecule has 4 heterocycles. The van der Waals surface area contributed by atoms with Crippen molar-refractivity contribution in [2.45, 2.75) is 20.4 Å². The van der Waals surface area contributed by atoms with Crippen molar-refractivity contribution in [2.24, 2.45) is 0 Å². The van der Waals surface area contributed by atoms with Gasteiger partial charge in [0.25, 0.3) is 0 Å². The summed E-state index contributed by atoms with van der Waals surface area (Å²) >= 11 is 0. The second-order valence-corrected chi connectivity index (χ2v) is 6.80. The first kappa shape index (κ1) is 16.6. The van der Waals surface area contributed by atoms with E-state index in [1.165, 1.54) is 22.2 Å². The lowest BCUT2D eigenvalue weighted by atomic mass is 10.0. The first-order valence-electron chi connectivity index (χ1n) is 9.44. The van der Waals surface area contributed by atoms with Crippen LogP contribution in [0.1, 0.15) is 12.6 Å². The molecule has 0 bridgehead atoms.